The number of hydrogen-bond acceptors (Lipinski definition) is 4. The van der Waals surface area contributed by atoms with E-state index < -0.39 is 10.0 Å². The summed E-state index contributed by atoms with van der Waals surface area (Å²) in [5.41, 5.74) is 0.661. The van der Waals surface area contributed by atoms with Crippen LogP contribution in [0.15, 0.2) is 23.1 Å². The van der Waals surface area contributed by atoms with Gasteiger partial charge in [0.25, 0.3) is 0 Å². The third-order valence-electron chi connectivity index (χ3n) is 4.06. The summed E-state index contributed by atoms with van der Waals surface area (Å²) in [6, 6.07) is 4.95. The molecule has 1 aliphatic heterocycles. The number of benzene rings is 1. The third-order valence-corrected chi connectivity index (χ3v) is 6.11. The molecule has 0 atom stereocenters. The van der Waals surface area contributed by atoms with Gasteiger partial charge in [-0.25, -0.2) is 8.42 Å². The molecule has 0 aliphatic carbocycles. The summed E-state index contributed by atoms with van der Waals surface area (Å²) in [6.07, 6.45) is 1.33. The number of sulfonamides is 1. The zero-order chi connectivity index (χ0) is 17.0. The van der Waals surface area contributed by atoms with Crippen molar-refractivity contribution in [2.24, 2.45) is 0 Å². The highest BCUT2D eigenvalue weighted by atomic mass is 32.2. The van der Waals surface area contributed by atoms with Crippen molar-refractivity contribution in [2.45, 2.75) is 31.6 Å². The van der Waals surface area contributed by atoms with Gasteiger partial charge in [0.1, 0.15) is 5.75 Å². The van der Waals surface area contributed by atoms with E-state index in [0.29, 0.717) is 48.8 Å². The molecule has 23 heavy (non-hydrogen) atoms. The van der Waals surface area contributed by atoms with Gasteiger partial charge in [-0.2, -0.15) is 4.31 Å². The highest BCUT2D eigenvalue weighted by Crippen LogP contribution is 2.24. The summed E-state index contributed by atoms with van der Waals surface area (Å²) in [5, 5.41) is 0. The molecule has 0 radical (unpaired) electrons. The summed E-state index contributed by atoms with van der Waals surface area (Å²) < 4.78 is 32.2. The molecule has 6 nitrogen and oxygen atoms in total. The number of methoxy groups -OCH3 is 1. The van der Waals surface area contributed by atoms with Gasteiger partial charge in [0, 0.05) is 32.6 Å². The molecule has 0 unspecified atom stereocenters. The highest BCUT2D eigenvalue weighted by Gasteiger charge is 2.30. The predicted octanol–water partition coefficient (Wildman–Crippen LogP) is 1.64. The van der Waals surface area contributed by atoms with Gasteiger partial charge in [0.2, 0.25) is 15.9 Å². The third kappa shape index (κ3) is 3.84. The molecular formula is C16H24N2O4S. The molecule has 1 aromatic carbocycles. The minimum atomic E-state index is -3.54. The van der Waals surface area contributed by atoms with Gasteiger partial charge in [0.15, 0.2) is 0 Å². The largest absolute Gasteiger partial charge is 0.497 e. The van der Waals surface area contributed by atoms with Gasteiger partial charge < -0.3 is 9.64 Å². The Labute approximate surface area is 138 Å². The van der Waals surface area contributed by atoms with Crippen molar-refractivity contribution < 1.29 is 17.9 Å². The smallest absolute Gasteiger partial charge is 0.243 e. The molecule has 0 N–H and O–H groups in total. The maximum atomic E-state index is 12.8. The zero-order valence-electron chi connectivity index (χ0n) is 13.9. The summed E-state index contributed by atoms with van der Waals surface area (Å²) in [4.78, 5) is 13.9. The Hall–Kier alpha value is -1.60. The van der Waals surface area contributed by atoms with Gasteiger partial charge in [-0.05, 0) is 37.1 Å². The first-order valence-corrected chi connectivity index (χ1v) is 9.26. The molecule has 2 rings (SSSR count). The second kappa shape index (κ2) is 7.31. The van der Waals surface area contributed by atoms with Crippen LogP contribution in [0.2, 0.25) is 0 Å². The van der Waals surface area contributed by atoms with Crippen LogP contribution in [0.4, 0.5) is 0 Å². The minimum absolute atomic E-state index is 0.102. The van der Waals surface area contributed by atoms with E-state index in [9.17, 15) is 13.2 Å². The number of piperazine rings is 1. The molecule has 0 aromatic heterocycles. The number of amides is 1. The molecule has 1 aliphatic rings. The fraction of sp³-hybridized carbons (Fsp3) is 0.562. The van der Waals surface area contributed by atoms with E-state index in [4.69, 9.17) is 4.74 Å². The second-order valence-electron chi connectivity index (χ2n) is 5.67. The first-order valence-electron chi connectivity index (χ1n) is 7.82. The number of carbonyl (C=O) groups excluding carboxylic acids is 1. The Morgan fingerprint density at radius 2 is 1.87 bits per heavy atom. The number of rotatable bonds is 5. The number of hydrogen-bond donors (Lipinski definition) is 0. The van der Waals surface area contributed by atoms with Crippen molar-refractivity contribution in [1.29, 1.82) is 0 Å². The van der Waals surface area contributed by atoms with Crippen molar-refractivity contribution in [3.63, 3.8) is 0 Å². The van der Waals surface area contributed by atoms with Crippen molar-refractivity contribution >= 4 is 15.9 Å². The molecular weight excluding hydrogens is 316 g/mol. The van der Waals surface area contributed by atoms with Gasteiger partial charge >= 0.3 is 0 Å². The van der Waals surface area contributed by atoms with Crippen molar-refractivity contribution in [2.75, 3.05) is 33.3 Å². The molecule has 1 aromatic rings. The Morgan fingerprint density at radius 3 is 2.39 bits per heavy atom. The van der Waals surface area contributed by atoms with E-state index in [2.05, 4.69) is 0 Å². The summed E-state index contributed by atoms with van der Waals surface area (Å²) in [5.74, 6) is 0.738. The first kappa shape index (κ1) is 17.7. The van der Waals surface area contributed by atoms with Crippen LogP contribution in [0.1, 0.15) is 25.3 Å². The number of nitrogens with zero attached hydrogens (tertiary/aromatic N) is 2. The molecule has 1 fully saturated rings. The van der Waals surface area contributed by atoms with Crippen LogP contribution in [0.3, 0.4) is 0 Å². The van der Waals surface area contributed by atoms with E-state index in [1.54, 1.807) is 37.1 Å². The first-order chi connectivity index (χ1) is 10.9. The van der Waals surface area contributed by atoms with E-state index in [0.717, 1.165) is 6.42 Å². The lowest BCUT2D eigenvalue weighted by Crippen LogP contribution is -2.50. The lowest BCUT2D eigenvalue weighted by atomic mass is 10.2. The van der Waals surface area contributed by atoms with Crippen LogP contribution in [0.5, 0.6) is 5.75 Å². The normalized spacial score (nSPS) is 16.4. The SMILES string of the molecule is CCCC(=O)N1CCN(S(=O)(=O)c2ccc(OC)cc2C)CC1. The lowest BCUT2D eigenvalue weighted by molar-refractivity contribution is -0.132. The van der Waals surface area contributed by atoms with Gasteiger partial charge in [0.05, 0.1) is 12.0 Å². The van der Waals surface area contributed by atoms with Crippen LogP contribution >= 0.6 is 0 Å². The minimum Gasteiger partial charge on any atom is -0.497 e. The summed E-state index contributed by atoms with van der Waals surface area (Å²) in [7, 11) is -1.99. The molecule has 0 spiro atoms. The molecule has 1 amide bonds. The molecule has 1 saturated heterocycles. The Balaban J connectivity index is 2.12. The molecule has 7 heteroatoms. The zero-order valence-corrected chi connectivity index (χ0v) is 14.7. The van der Waals surface area contributed by atoms with E-state index in [1.165, 1.54) is 4.31 Å². The van der Waals surface area contributed by atoms with Crippen LogP contribution in [0, 0.1) is 6.92 Å². The van der Waals surface area contributed by atoms with Gasteiger partial charge in [-0.1, -0.05) is 6.92 Å². The van der Waals surface area contributed by atoms with Crippen LogP contribution in [-0.2, 0) is 14.8 Å². The Bertz CT molecular complexity index is 665. The number of aryl methyl sites for hydroxylation is 1. The van der Waals surface area contributed by atoms with Crippen molar-refractivity contribution in [3.05, 3.63) is 23.8 Å². The van der Waals surface area contributed by atoms with Crippen LogP contribution < -0.4 is 4.74 Å². The lowest BCUT2D eigenvalue weighted by Gasteiger charge is -2.34. The van der Waals surface area contributed by atoms with E-state index in [1.807, 2.05) is 6.92 Å². The number of carbonyl (C=O) groups is 1. The maximum absolute atomic E-state index is 12.8. The molecule has 128 valence electrons. The monoisotopic (exact) mass is 340 g/mol. The molecule has 1 heterocycles. The quantitative estimate of drug-likeness (QED) is 0.817. The standard InChI is InChI=1S/C16H24N2O4S/c1-4-5-16(19)17-8-10-18(11-9-17)23(20,21)15-7-6-14(22-3)12-13(15)2/h6-7,12H,4-5,8-11H2,1-3H3. The van der Waals surface area contributed by atoms with Crippen LogP contribution in [0.25, 0.3) is 0 Å². The Morgan fingerprint density at radius 1 is 1.22 bits per heavy atom. The second-order valence-corrected chi connectivity index (χ2v) is 7.57. The van der Waals surface area contributed by atoms with Crippen molar-refractivity contribution in [1.82, 2.24) is 9.21 Å². The van der Waals surface area contributed by atoms with Crippen LogP contribution in [-0.4, -0.2) is 56.8 Å². The van der Waals surface area contributed by atoms with E-state index in [-0.39, 0.29) is 5.91 Å². The van der Waals surface area contributed by atoms with Crippen molar-refractivity contribution in [3.8, 4) is 5.75 Å². The maximum Gasteiger partial charge on any atom is 0.243 e. The fourth-order valence-electron chi connectivity index (χ4n) is 2.73. The number of ether oxygens (including phenoxy) is 1. The molecule has 0 bridgehead atoms. The predicted molar refractivity (Wildman–Crippen MR) is 88.0 cm³/mol. The molecule has 0 saturated carbocycles. The average molecular weight is 340 g/mol. The van der Waals surface area contributed by atoms with Gasteiger partial charge in [-0.15, -0.1) is 0 Å². The van der Waals surface area contributed by atoms with Gasteiger partial charge in [-0.3, -0.25) is 4.79 Å². The summed E-state index contributed by atoms with van der Waals surface area (Å²) >= 11 is 0. The Kier molecular flexibility index (Phi) is 5.64. The van der Waals surface area contributed by atoms with E-state index >= 15 is 0 Å². The average Bonchev–Trinajstić information content (AvgIpc) is 2.54. The fourth-order valence-corrected chi connectivity index (χ4v) is 4.36. The summed E-state index contributed by atoms with van der Waals surface area (Å²) in [6.45, 7) is 5.30. The highest BCUT2D eigenvalue weighted by molar-refractivity contribution is 7.89. The topological polar surface area (TPSA) is 66.9 Å².